The first-order valence-electron chi connectivity index (χ1n) is 9.88. The van der Waals surface area contributed by atoms with E-state index in [1.54, 1.807) is 0 Å². The van der Waals surface area contributed by atoms with Crippen LogP contribution in [0.4, 0.5) is 0 Å². The van der Waals surface area contributed by atoms with Gasteiger partial charge in [-0.1, -0.05) is 84.9 Å². The van der Waals surface area contributed by atoms with Crippen LogP contribution in [0.15, 0.2) is 91.0 Å². The molecule has 4 aromatic carbocycles. The van der Waals surface area contributed by atoms with Crippen molar-refractivity contribution in [3.05, 3.63) is 108 Å². The Morgan fingerprint density at radius 1 is 0.724 bits per heavy atom. The van der Waals surface area contributed by atoms with E-state index in [1.807, 2.05) is 17.0 Å². The summed E-state index contributed by atoms with van der Waals surface area (Å²) in [6.07, 6.45) is 0. The zero-order valence-corrected chi connectivity index (χ0v) is 16.1. The standard InChI is InChI=1S/C26H22N2O/c27-26(29-18-19-13-14-20-7-1-2-8-21(20)15-19)28-16-22-9-3-5-11-24(22)25-12-6-4-10-23(25)17-28/h1-15,27H,16-18H2. The number of fused-ring (bicyclic) bond motifs is 4. The van der Waals surface area contributed by atoms with E-state index in [4.69, 9.17) is 10.1 Å². The van der Waals surface area contributed by atoms with E-state index in [0.717, 1.165) is 5.56 Å². The van der Waals surface area contributed by atoms with Gasteiger partial charge in [-0.05, 0) is 44.7 Å². The smallest absolute Gasteiger partial charge is 0.285 e. The minimum absolute atomic E-state index is 0.213. The average molecular weight is 378 g/mol. The highest BCUT2D eigenvalue weighted by Crippen LogP contribution is 2.32. The van der Waals surface area contributed by atoms with Crippen LogP contribution < -0.4 is 0 Å². The maximum absolute atomic E-state index is 8.58. The molecule has 0 spiro atoms. The number of rotatable bonds is 2. The lowest BCUT2D eigenvalue weighted by Crippen LogP contribution is -2.30. The molecule has 4 aromatic rings. The Bertz CT molecular complexity index is 1150. The van der Waals surface area contributed by atoms with Gasteiger partial charge in [-0.15, -0.1) is 0 Å². The highest BCUT2D eigenvalue weighted by molar-refractivity contribution is 5.83. The third-order valence-corrected chi connectivity index (χ3v) is 5.52. The molecule has 142 valence electrons. The molecule has 0 fully saturated rings. The summed E-state index contributed by atoms with van der Waals surface area (Å²) in [4.78, 5) is 2.01. The molecule has 1 N–H and O–H groups in total. The Morgan fingerprint density at radius 3 is 2.00 bits per heavy atom. The second-order valence-corrected chi connectivity index (χ2v) is 7.45. The summed E-state index contributed by atoms with van der Waals surface area (Å²) in [6, 6.07) is 31.7. The first-order chi connectivity index (χ1) is 14.3. The third kappa shape index (κ3) is 3.47. The highest BCUT2D eigenvalue weighted by Gasteiger charge is 2.21. The third-order valence-electron chi connectivity index (χ3n) is 5.52. The van der Waals surface area contributed by atoms with Crippen molar-refractivity contribution in [3.63, 3.8) is 0 Å². The van der Waals surface area contributed by atoms with Crippen LogP contribution in [0.25, 0.3) is 21.9 Å². The Morgan fingerprint density at radius 2 is 1.31 bits per heavy atom. The number of hydrogen-bond donors (Lipinski definition) is 1. The SMILES string of the molecule is N=C(OCc1ccc2ccccc2c1)N1Cc2ccccc2-c2ccccc2C1. The van der Waals surface area contributed by atoms with Crippen LogP contribution >= 0.6 is 0 Å². The van der Waals surface area contributed by atoms with Gasteiger partial charge in [-0.25, -0.2) is 0 Å². The molecule has 0 radical (unpaired) electrons. The molecule has 0 atom stereocenters. The fourth-order valence-corrected chi connectivity index (χ4v) is 4.02. The second-order valence-electron chi connectivity index (χ2n) is 7.45. The summed E-state index contributed by atoms with van der Waals surface area (Å²) < 4.78 is 5.91. The fraction of sp³-hybridized carbons (Fsp3) is 0.115. The molecule has 0 saturated heterocycles. The van der Waals surface area contributed by atoms with Crippen LogP contribution in [0.1, 0.15) is 16.7 Å². The zero-order chi connectivity index (χ0) is 19.6. The number of benzene rings is 4. The number of amidine groups is 1. The van der Waals surface area contributed by atoms with Gasteiger partial charge in [0, 0.05) is 13.1 Å². The van der Waals surface area contributed by atoms with Gasteiger partial charge in [-0.3, -0.25) is 5.41 Å². The van der Waals surface area contributed by atoms with Gasteiger partial charge in [0.1, 0.15) is 6.61 Å². The van der Waals surface area contributed by atoms with E-state index in [2.05, 4.69) is 78.9 Å². The summed E-state index contributed by atoms with van der Waals surface area (Å²) in [5.41, 5.74) is 6.00. The predicted octanol–water partition coefficient (Wildman–Crippen LogP) is 5.97. The lowest BCUT2D eigenvalue weighted by Gasteiger charge is -2.23. The van der Waals surface area contributed by atoms with Crippen molar-refractivity contribution in [2.45, 2.75) is 19.7 Å². The normalized spacial score (nSPS) is 12.8. The number of hydrogen-bond acceptors (Lipinski definition) is 2. The van der Waals surface area contributed by atoms with Crippen molar-refractivity contribution in [2.75, 3.05) is 0 Å². The van der Waals surface area contributed by atoms with E-state index in [0.29, 0.717) is 19.7 Å². The molecule has 0 saturated carbocycles. The molecule has 1 heterocycles. The molecule has 0 unspecified atom stereocenters. The minimum atomic E-state index is 0.213. The summed E-state index contributed by atoms with van der Waals surface area (Å²) in [5.74, 6) is 0. The zero-order valence-electron chi connectivity index (χ0n) is 16.1. The molecule has 3 nitrogen and oxygen atoms in total. The van der Waals surface area contributed by atoms with Crippen molar-refractivity contribution >= 4 is 16.8 Å². The molecule has 0 amide bonds. The Balaban J connectivity index is 1.37. The molecule has 29 heavy (non-hydrogen) atoms. The maximum atomic E-state index is 8.58. The predicted molar refractivity (Wildman–Crippen MR) is 118 cm³/mol. The Kier molecular flexibility index (Phi) is 4.49. The molecule has 3 heteroatoms. The molecule has 0 aromatic heterocycles. The van der Waals surface area contributed by atoms with E-state index in [9.17, 15) is 0 Å². The topological polar surface area (TPSA) is 36.3 Å². The first-order valence-corrected chi connectivity index (χ1v) is 9.88. The summed E-state index contributed by atoms with van der Waals surface area (Å²) in [5, 5.41) is 11.0. The van der Waals surface area contributed by atoms with Crippen LogP contribution in [0, 0.1) is 5.41 Å². The Labute approximate surface area is 170 Å². The lowest BCUT2D eigenvalue weighted by atomic mass is 9.97. The van der Waals surface area contributed by atoms with Crippen LogP contribution in [0.3, 0.4) is 0 Å². The summed E-state index contributed by atoms with van der Waals surface area (Å²) in [6.45, 7) is 1.73. The van der Waals surface area contributed by atoms with Gasteiger partial charge in [0.05, 0.1) is 0 Å². The van der Waals surface area contributed by atoms with Crippen molar-refractivity contribution in [2.24, 2.45) is 0 Å². The van der Waals surface area contributed by atoms with Crippen molar-refractivity contribution in [1.82, 2.24) is 4.90 Å². The average Bonchev–Trinajstić information content (AvgIpc) is 2.94. The molecule has 0 bridgehead atoms. The quantitative estimate of drug-likeness (QED) is 0.344. The van der Waals surface area contributed by atoms with Crippen LogP contribution in [-0.2, 0) is 24.4 Å². The van der Waals surface area contributed by atoms with Crippen LogP contribution in [0.2, 0.25) is 0 Å². The van der Waals surface area contributed by atoms with Gasteiger partial charge in [0.15, 0.2) is 0 Å². The molecular formula is C26H22N2O. The minimum Gasteiger partial charge on any atom is -0.460 e. The largest absolute Gasteiger partial charge is 0.460 e. The van der Waals surface area contributed by atoms with Gasteiger partial charge in [-0.2, -0.15) is 0 Å². The van der Waals surface area contributed by atoms with E-state index >= 15 is 0 Å². The summed E-state index contributed by atoms with van der Waals surface area (Å²) in [7, 11) is 0. The maximum Gasteiger partial charge on any atom is 0.285 e. The van der Waals surface area contributed by atoms with Crippen LogP contribution in [0.5, 0.6) is 0 Å². The van der Waals surface area contributed by atoms with Gasteiger partial charge < -0.3 is 9.64 Å². The lowest BCUT2D eigenvalue weighted by molar-refractivity contribution is 0.210. The summed E-state index contributed by atoms with van der Waals surface area (Å²) >= 11 is 0. The fourth-order valence-electron chi connectivity index (χ4n) is 4.02. The van der Waals surface area contributed by atoms with Crippen molar-refractivity contribution in [1.29, 1.82) is 5.41 Å². The molecule has 5 rings (SSSR count). The first kappa shape index (κ1) is 17.5. The van der Waals surface area contributed by atoms with Gasteiger partial charge >= 0.3 is 0 Å². The number of nitrogens with one attached hydrogen (secondary N) is 1. The van der Waals surface area contributed by atoms with Crippen molar-refractivity contribution < 1.29 is 4.74 Å². The second kappa shape index (κ2) is 7.44. The molecule has 1 aliphatic heterocycles. The van der Waals surface area contributed by atoms with Gasteiger partial charge in [0.25, 0.3) is 6.02 Å². The Hall–Kier alpha value is -3.59. The molecule has 1 aliphatic rings. The number of nitrogens with zero attached hydrogens (tertiary/aromatic N) is 1. The monoisotopic (exact) mass is 378 g/mol. The highest BCUT2D eigenvalue weighted by atomic mass is 16.5. The van der Waals surface area contributed by atoms with E-state index in [1.165, 1.54) is 33.0 Å². The number of ether oxygens (including phenoxy) is 1. The molecule has 0 aliphatic carbocycles. The van der Waals surface area contributed by atoms with E-state index in [-0.39, 0.29) is 6.02 Å². The van der Waals surface area contributed by atoms with Crippen molar-refractivity contribution in [3.8, 4) is 11.1 Å². The van der Waals surface area contributed by atoms with Gasteiger partial charge in [0.2, 0.25) is 0 Å². The van der Waals surface area contributed by atoms with E-state index < -0.39 is 0 Å². The van der Waals surface area contributed by atoms with Crippen LogP contribution in [-0.4, -0.2) is 10.9 Å². The molecular weight excluding hydrogens is 356 g/mol.